The van der Waals surface area contributed by atoms with Crippen molar-refractivity contribution in [3.05, 3.63) is 53.1 Å². The summed E-state index contributed by atoms with van der Waals surface area (Å²) in [6.07, 6.45) is 3.55. The number of anilines is 1. The van der Waals surface area contributed by atoms with Crippen molar-refractivity contribution in [3.63, 3.8) is 0 Å². The lowest BCUT2D eigenvalue weighted by atomic mass is 10.1. The van der Waals surface area contributed by atoms with E-state index in [9.17, 15) is 10.1 Å². The highest BCUT2D eigenvalue weighted by Gasteiger charge is 2.17. The average Bonchev–Trinajstić information content (AvgIpc) is 3.40. The number of benzene rings is 2. The Balaban J connectivity index is 1.25. The van der Waals surface area contributed by atoms with Gasteiger partial charge in [-0.05, 0) is 68.6 Å². The lowest BCUT2D eigenvalue weighted by Crippen LogP contribution is -2.22. The molecule has 1 saturated heterocycles. The topological polar surface area (TPSA) is 87.5 Å². The minimum Gasteiger partial charge on any atom is -0.486 e. The number of carbonyl (C=O) groups excluding carboxylic acids is 1. The second-order valence-corrected chi connectivity index (χ2v) is 9.89. The molecule has 1 fully saturated rings. The molecule has 8 heteroatoms. The van der Waals surface area contributed by atoms with Crippen molar-refractivity contribution < 1.29 is 14.3 Å². The molecule has 2 aromatic carbocycles. The van der Waals surface area contributed by atoms with Crippen LogP contribution >= 0.6 is 11.8 Å². The summed E-state index contributed by atoms with van der Waals surface area (Å²) in [4.78, 5) is 19.9. The predicted molar refractivity (Wildman–Crippen MR) is 137 cm³/mol. The number of nitrogens with zero attached hydrogens (tertiary/aromatic N) is 3. The average molecular weight is 489 g/mol. The molecular formula is C27H28N4O3S. The summed E-state index contributed by atoms with van der Waals surface area (Å²) in [7, 11) is 0. The van der Waals surface area contributed by atoms with Crippen LogP contribution in [0.15, 0.2) is 41.4 Å². The van der Waals surface area contributed by atoms with Gasteiger partial charge in [0.05, 0.1) is 16.8 Å². The maximum absolute atomic E-state index is 12.8. The number of fused-ring (bicyclic) bond motifs is 2. The predicted octanol–water partition coefficient (Wildman–Crippen LogP) is 4.56. The van der Waals surface area contributed by atoms with Crippen molar-refractivity contribution >= 4 is 34.3 Å². The van der Waals surface area contributed by atoms with E-state index in [4.69, 9.17) is 9.47 Å². The first-order chi connectivity index (χ1) is 17.1. The second kappa shape index (κ2) is 10.5. The number of hydrogen-bond acceptors (Lipinski definition) is 7. The minimum absolute atomic E-state index is 0.122. The van der Waals surface area contributed by atoms with Gasteiger partial charge >= 0.3 is 0 Å². The molecule has 2 aliphatic rings. The maximum atomic E-state index is 12.8. The third kappa shape index (κ3) is 5.53. The minimum atomic E-state index is -0.122. The highest BCUT2D eigenvalue weighted by atomic mass is 32.2. The smallest absolute Gasteiger partial charge is 0.234 e. The first-order valence-corrected chi connectivity index (χ1v) is 13.0. The first-order valence-electron chi connectivity index (χ1n) is 12.0. The van der Waals surface area contributed by atoms with Gasteiger partial charge in [0.25, 0.3) is 0 Å². The number of nitrogens with one attached hydrogen (secondary N) is 1. The maximum Gasteiger partial charge on any atom is 0.234 e. The summed E-state index contributed by atoms with van der Waals surface area (Å²) in [5.74, 6) is 1.35. The Morgan fingerprint density at radius 1 is 1.14 bits per heavy atom. The van der Waals surface area contributed by atoms with E-state index in [1.165, 1.54) is 43.3 Å². The molecule has 5 rings (SSSR count). The molecule has 0 bridgehead atoms. The van der Waals surface area contributed by atoms with E-state index in [0.29, 0.717) is 40.8 Å². The van der Waals surface area contributed by atoms with Crippen LogP contribution in [0.3, 0.4) is 0 Å². The van der Waals surface area contributed by atoms with Crippen LogP contribution in [0, 0.1) is 18.3 Å². The monoisotopic (exact) mass is 488 g/mol. The molecule has 7 nitrogen and oxygen atoms in total. The van der Waals surface area contributed by atoms with Crippen LogP contribution in [0.1, 0.15) is 29.5 Å². The van der Waals surface area contributed by atoms with E-state index in [1.54, 1.807) is 6.07 Å². The van der Waals surface area contributed by atoms with Gasteiger partial charge in [-0.1, -0.05) is 23.9 Å². The van der Waals surface area contributed by atoms with Crippen molar-refractivity contribution in [2.45, 2.75) is 31.2 Å². The van der Waals surface area contributed by atoms with Gasteiger partial charge in [0, 0.05) is 23.7 Å². The summed E-state index contributed by atoms with van der Waals surface area (Å²) < 4.78 is 11.3. The van der Waals surface area contributed by atoms with Gasteiger partial charge in [-0.2, -0.15) is 5.26 Å². The van der Waals surface area contributed by atoms with E-state index in [2.05, 4.69) is 39.5 Å². The van der Waals surface area contributed by atoms with Crippen molar-refractivity contribution in [1.29, 1.82) is 5.26 Å². The van der Waals surface area contributed by atoms with Crippen molar-refractivity contribution in [2.75, 3.05) is 43.9 Å². The van der Waals surface area contributed by atoms with Gasteiger partial charge < -0.3 is 19.7 Å². The zero-order valence-corrected chi connectivity index (χ0v) is 20.6. The number of amides is 1. The van der Waals surface area contributed by atoms with E-state index in [1.807, 2.05) is 19.1 Å². The lowest BCUT2D eigenvalue weighted by Gasteiger charge is -2.19. The van der Waals surface area contributed by atoms with Gasteiger partial charge in [0.1, 0.15) is 24.3 Å². The highest BCUT2D eigenvalue weighted by Crippen LogP contribution is 2.35. The van der Waals surface area contributed by atoms with Crippen LogP contribution in [0.25, 0.3) is 10.9 Å². The van der Waals surface area contributed by atoms with Crippen molar-refractivity contribution in [3.8, 4) is 17.6 Å². The number of aryl methyl sites for hydroxylation is 1. The fraction of sp³-hybridized carbons (Fsp3) is 0.370. The molecule has 0 radical (unpaired) electrons. The van der Waals surface area contributed by atoms with Crippen molar-refractivity contribution in [2.24, 2.45) is 0 Å². The Bertz CT molecular complexity index is 1300. The van der Waals surface area contributed by atoms with Crippen LogP contribution in [0.5, 0.6) is 11.5 Å². The van der Waals surface area contributed by atoms with E-state index in [0.717, 1.165) is 29.6 Å². The molecular weight excluding hydrogens is 460 g/mol. The lowest BCUT2D eigenvalue weighted by molar-refractivity contribution is -0.113. The molecule has 0 saturated carbocycles. The van der Waals surface area contributed by atoms with E-state index < -0.39 is 0 Å². The van der Waals surface area contributed by atoms with Crippen LogP contribution in [-0.2, 0) is 11.2 Å². The third-order valence-corrected chi connectivity index (χ3v) is 7.39. The van der Waals surface area contributed by atoms with Gasteiger partial charge in [-0.25, -0.2) is 4.98 Å². The molecule has 3 heterocycles. The molecule has 1 aromatic heterocycles. The fourth-order valence-corrected chi connectivity index (χ4v) is 5.22. The summed E-state index contributed by atoms with van der Waals surface area (Å²) in [5, 5.41) is 14.0. The van der Waals surface area contributed by atoms with Crippen molar-refractivity contribution in [1.82, 2.24) is 9.88 Å². The molecule has 0 spiro atoms. The van der Waals surface area contributed by atoms with E-state index in [-0.39, 0.29) is 11.7 Å². The molecule has 2 aliphatic heterocycles. The van der Waals surface area contributed by atoms with Gasteiger partial charge in [-0.3, -0.25) is 4.79 Å². The zero-order chi connectivity index (χ0) is 24.2. The molecule has 1 amide bonds. The Morgan fingerprint density at radius 3 is 2.69 bits per heavy atom. The number of thioether (sulfide) groups is 1. The SMILES string of the molecule is Cc1ccc(CCN2CCCC2)cc1NC(=O)CSc1nc2cc3c(cc2cc1C#N)OCCO3. The van der Waals surface area contributed by atoms with Crippen LogP contribution in [-0.4, -0.2) is 54.4 Å². The molecule has 0 atom stereocenters. The Morgan fingerprint density at radius 2 is 1.91 bits per heavy atom. The molecule has 1 N–H and O–H groups in total. The Hall–Kier alpha value is -3.28. The summed E-state index contributed by atoms with van der Waals surface area (Å²) in [6.45, 7) is 6.42. The Kier molecular flexibility index (Phi) is 7.07. The number of aromatic nitrogens is 1. The summed E-state index contributed by atoms with van der Waals surface area (Å²) >= 11 is 1.26. The number of pyridine rings is 1. The van der Waals surface area contributed by atoms with Crippen LogP contribution < -0.4 is 14.8 Å². The summed E-state index contributed by atoms with van der Waals surface area (Å²) in [6, 6.07) is 13.9. The number of nitriles is 1. The second-order valence-electron chi connectivity index (χ2n) is 8.93. The quantitative estimate of drug-likeness (QED) is 0.488. The standard InChI is InChI=1S/C27H28N4O3S/c1-18-4-5-19(6-9-31-7-2-3-8-31)12-22(18)29-26(32)17-35-27-21(16-28)13-20-14-24-25(15-23(20)30-27)34-11-10-33-24/h4-5,12-15H,2-3,6-11,17H2,1H3,(H,29,32). The number of hydrogen-bond donors (Lipinski definition) is 1. The number of rotatable bonds is 7. The van der Waals surface area contributed by atoms with Gasteiger partial charge in [0.2, 0.25) is 5.91 Å². The molecule has 35 heavy (non-hydrogen) atoms. The van der Waals surface area contributed by atoms with Gasteiger partial charge in [-0.15, -0.1) is 0 Å². The van der Waals surface area contributed by atoms with Gasteiger partial charge in [0.15, 0.2) is 11.5 Å². The number of ether oxygens (including phenoxy) is 2. The highest BCUT2D eigenvalue weighted by molar-refractivity contribution is 8.00. The fourth-order valence-electron chi connectivity index (χ4n) is 4.46. The zero-order valence-electron chi connectivity index (χ0n) is 19.8. The van der Waals surface area contributed by atoms with Crippen LogP contribution in [0.4, 0.5) is 5.69 Å². The molecule has 0 aliphatic carbocycles. The third-order valence-electron chi connectivity index (χ3n) is 6.40. The molecule has 180 valence electrons. The van der Waals surface area contributed by atoms with E-state index >= 15 is 0 Å². The van der Waals surface area contributed by atoms with Crippen LogP contribution in [0.2, 0.25) is 0 Å². The number of carbonyl (C=O) groups is 1. The Labute approximate surface area is 209 Å². The first kappa shape index (κ1) is 23.5. The molecule has 3 aromatic rings. The summed E-state index contributed by atoms with van der Waals surface area (Å²) in [5.41, 5.74) is 4.24. The largest absolute Gasteiger partial charge is 0.486 e. The molecule has 0 unspecified atom stereocenters. The number of likely N-dealkylation sites (tertiary alicyclic amines) is 1. The normalized spacial score (nSPS) is 15.2.